The van der Waals surface area contributed by atoms with Crippen molar-refractivity contribution in [2.75, 3.05) is 36.8 Å². The Hall–Kier alpha value is -2.15. The molecule has 3 heterocycles. The van der Waals surface area contributed by atoms with Gasteiger partial charge in [0.05, 0.1) is 11.9 Å². The summed E-state index contributed by atoms with van der Waals surface area (Å²) in [5, 5.41) is 2.98. The van der Waals surface area contributed by atoms with Gasteiger partial charge in [0, 0.05) is 37.8 Å². The van der Waals surface area contributed by atoms with Crippen LogP contribution in [0.4, 0.5) is 10.8 Å². The smallest absolute Gasteiger partial charge is 0.272 e. The third-order valence-electron chi connectivity index (χ3n) is 3.26. The predicted molar refractivity (Wildman–Crippen MR) is 78.9 cm³/mol. The molecule has 20 heavy (non-hydrogen) atoms. The molecular weight excluding hydrogens is 274 g/mol. The van der Waals surface area contributed by atoms with Gasteiger partial charge >= 0.3 is 0 Å². The highest BCUT2D eigenvalue weighted by atomic mass is 32.1. The Morgan fingerprint density at radius 2 is 2.00 bits per heavy atom. The summed E-state index contributed by atoms with van der Waals surface area (Å²) in [6, 6.07) is 3.37. The minimum Gasteiger partial charge on any atom is -0.397 e. The van der Waals surface area contributed by atoms with Crippen molar-refractivity contribution in [2.45, 2.75) is 0 Å². The molecule has 3 rings (SSSR count). The lowest BCUT2D eigenvalue weighted by molar-refractivity contribution is 0.0741. The average Bonchev–Trinajstić information content (AvgIpc) is 3.02. The first-order valence-corrected chi connectivity index (χ1v) is 7.27. The van der Waals surface area contributed by atoms with Gasteiger partial charge in [0.25, 0.3) is 5.91 Å². The van der Waals surface area contributed by atoms with Crippen LogP contribution in [0.5, 0.6) is 0 Å². The Labute approximate surface area is 120 Å². The fourth-order valence-corrected chi connectivity index (χ4v) is 2.86. The molecule has 104 valence electrons. The zero-order valence-electron chi connectivity index (χ0n) is 10.9. The monoisotopic (exact) mass is 289 g/mol. The predicted octanol–water partition coefficient (Wildman–Crippen LogP) is 1.08. The Morgan fingerprint density at radius 3 is 2.60 bits per heavy atom. The molecule has 2 N–H and O–H groups in total. The molecule has 0 saturated carbocycles. The summed E-state index contributed by atoms with van der Waals surface area (Å²) >= 11 is 1.62. The lowest BCUT2D eigenvalue weighted by Crippen LogP contribution is -2.49. The van der Waals surface area contributed by atoms with Crippen LogP contribution >= 0.6 is 11.3 Å². The van der Waals surface area contributed by atoms with E-state index in [0.717, 1.165) is 18.2 Å². The second kappa shape index (κ2) is 5.46. The number of carbonyl (C=O) groups is 1. The van der Waals surface area contributed by atoms with Gasteiger partial charge in [-0.15, -0.1) is 11.3 Å². The number of nitrogens with zero attached hydrogens (tertiary/aromatic N) is 4. The number of hydrogen-bond donors (Lipinski definition) is 1. The molecule has 1 amide bonds. The van der Waals surface area contributed by atoms with Gasteiger partial charge in [-0.25, -0.2) is 9.97 Å². The van der Waals surface area contributed by atoms with Gasteiger partial charge in [0.1, 0.15) is 5.69 Å². The molecular formula is C13H15N5OS. The number of amides is 1. The minimum atomic E-state index is -0.0382. The molecule has 0 radical (unpaired) electrons. The fraction of sp³-hybridized carbons (Fsp3) is 0.308. The van der Waals surface area contributed by atoms with Gasteiger partial charge in [0.15, 0.2) is 5.13 Å². The molecule has 1 saturated heterocycles. The SMILES string of the molecule is Nc1ccc(C(=O)N2CCN(c3nccs3)CC2)nc1. The van der Waals surface area contributed by atoms with E-state index in [0.29, 0.717) is 24.5 Å². The number of hydrogen-bond acceptors (Lipinski definition) is 6. The Kier molecular flexibility index (Phi) is 3.51. The van der Waals surface area contributed by atoms with Gasteiger partial charge in [-0.05, 0) is 12.1 Å². The number of nitrogens with two attached hydrogens (primary N) is 1. The van der Waals surface area contributed by atoms with Crippen LogP contribution in [0.1, 0.15) is 10.5 Å². The highest BCUT2D eigenvalue weighted by molar-refractivity contribution is 7.13. The van der Waals surface area contributed by atoms with Gasteiger partial charge in [0.2, 0.25) is 0 Å². The Morgan fingerprint density at radius 1 is 1.20 bits per heavy atom. The number of aromatic nitrogens is 2. The van der Waals surface area contributed by atoms with E-state index in [9.17, 15) is 4.79 Å². The number of pyridine rings is 1. The second-order valence-corrected chi connectivity index (χ2v) is 5.44. The van der Waals surface area contributed by atoms with Crippen LogP contribution in [-0.2, 0) is 0 Å². The van der Waals surface area contributed by atoms with Crippen LogP contribution < -0.4 is 10.6 Å². The van der Waals surface area contributed by atoms with Gasteiger partial charge in [-0.2, -0.15) is 0 Å². The lowest BCUT2D eigenvalue weighted by atomic mass is 10.2. The first kappa shape index (κ1) is 12.9. The van der Waals surface area contributed by atoms with Crippen LogP contribution in [0.2, 0.25) is 0 Å². The van der Waals surface area contributed by atoms with E-state index in [-0.39, 0.29) is 5.91 Å². The van der Waals surface area contributed by atoms with Crippen molar-refractivity contribution in [3.05, 3.63) is 35.6 Å². The number of carbonyl (C=O) groups excluding carboxylic acids is 1. The van der Waals surface area contributed by atoms with Crippen LogP contribution in [0, 0.1) is 0 Å². The molecule has 0 bridgehead atoms. The quantitative estimate of drug-likeness (QED) is 0.895. The molecule has 2 aromatic rings. The van der Waals surface area contributed by atoms with Gasteiger partial charge < -0.3 is 15.5 Å². The maximum absolute atomic E-state index is 12.3. The van der Waals surface area contributed by atoms with Crippen molar-refractivity contribution in [1.82, 2.24) is 14.9 Å². The van der Waals surface area contributed by atoms with E-state index >= 15 is 0 Å². The van der Waals surface area contributed by atoms with E-state index < -0.39 is 0 Å². The van der Waals surface area contributed by atoms with Crippen molar-refractivity contribution in [3.63, 3.8) is 0 Å². The minimum absolute atomic E-state index is 0.0382. The number of thiazole rings is 1. The van der Waals surface area contributed by atoms with Crippen LogP contribution in [0.15, 0.2) is 29.9 Å². The average molecular weight is 289 g/mol. The highest BCUT2D eigenvalue weighted by Crippen LogP contribution is 2.19. The van der Waals surface area contributed by atoms with Crippen molar-refractivity contribution in [3.8, 4) is 0 Å². The summed E-state index contributed by atoms with van der Waals surface area (Å²) in [5.74, 6) is -0.0382. The van der Waals surface area contributed by atoms with E-state index in [4.69, 9.17) is 5.73 Å². The van der Waals surface area contributed by atoms with Gasteiger partial charge in [-0.3, -0.25) is 4.79 Å². The summed E-state index contributed by atoms with van der Waals surface area (Å²) < 4.78 is 0. The van der Waals surface area contributed by atoms with Crippen molar-refractivity contribution in [2.24, 2.45) is 0 Å². The summed E-state index contributed by atoms with van der Waals surface area (Å²) in [7, 11) is 0. The molecule has 2 aromatic heterocycles. The molecule has 0 aromatic carbocycles. The Balaban J connectivity index is 1.63. The van der Waals surface area contributed by atoms with E-state index in [1.807, 2.05) is 10.3 Å². The zero-order valence-corrected chi connectivity index (χ0v) is 11.7. The first-order chi connectivity index (χ1) is 9.74. The largest absolute Gasteiger partial charge is 0.397 e. The van der Waals surface area contributed by atoms with Crippen LogP contribution in [-0.4, -0.2) is 47.0 Å². The molecule has 6 nitrogen and oxygen atoms in total. The summed E-state index contributed by atoms with van der Waals surface area (Å²) in [5.41, 5.74) is 6.59. The van der Waals surface area contributed by atoms with E-state index in [2.05, 4.69) is 14.9 Å². The summed E-state index contributed by atoms with van der Waals surface area (Å²) in [6.07, 6.45) is 3.31. The molecule has 0 atom stereocenters. The summed E-state index contributed by atoms with van der Waals surface area (Å²) in [4.78, 5) is 24.7. The van der Waals surface area contributed by atoms with E-state index in [1.54, 1.807) is 29.7 Å². The normalized spacial score (nSPS) is 15.4. The number of piperazine rings is 1. The van der Waals surface area contributed by atoms with Crippen molar-refractivity contribution < 1.29 is 4.79 Å². The van der Waals surface area contributed by atoms with Gasteiger partial charge in [-0.1, -0.05) is 0 Å². The van der Waals surface area contributed by atoms with Crippen LogP contribution in [0.3, 0.4) is 0 Å². The first-order valence-electron chi connectivity index (χ1n) is 6.39. The van der Waals surface area contributed by atoms with Crippen molar-refractivity contribution >= 4 is 28.1 Å². The molecule has 1 aliphatic heterocycles. The number of nitrogen functional groups attached to an aromatic ring is 1. The number of rotatable bonds is 2. The van der Waals surface area contributed by atoms with Crippen molar-refractivity contribution in [1.29, 1.82) is 0 Å². The maximum atomic E-state index is 12.3. The fourth-order valence-electron chi connectivity index (χ4n) is 2.17. The molecule has 1 aliphatic rings. The third kappa shape index (κ3) is 2.57. The molecule has 0 aliphatic carbocycles. The molecule has 0 unspecified atom stereocenters. The topological polar surface area (TPSA) is 75.4 Å². The highest BCUT2D eigenvalue weighted by Gasteiger charge is 2.23. The third-order valence-corrected chi connectivity index (χ3v) is 4.09. The van der Waals surface area contributed by atoms with E-state index in [1.165, 1.54) is 6.20 Å². The lowest BCUT2D eigenvalue weighted by Gasteiger charge is -2.34. The maximum Gasteiger partial charge on any atom is 0.272 e. The number of anilines is 2. The summed E-state index contributed by atoms with van der Waals surface area (Å²) in [6.45, 7) is 2.97. The molecule has 0 spiro atoms. The molecule has 7 heteroatoms. The Bertz CT molecular complexity index is 575. The zero-order chi connectivity index (χ0) is 13.9. The van der Waals surface area contributed by atoms with Crippen LogP contribution in [0.25, 0.3) is 0 Å². The standard InChI is InChI=1S/C13H15N5OS/c14-10-1-2-11(16-9-10)12(19)17-4-6-18(7-5-17)13-15-3-8-20-13/h1-3,8-9H,4-7,14H2. The molecule has 1 fully saturated rings. The second-order valence-electron chi connectivity index (χ2n) is 4.57.